The molecule has 3 nitrogen and oxygen atoms in total. The summed E-state index contributed by atoms with van der Waals surface area (Å²) in [6.07, 6.45) is 2.30. The van der Waals surface area contributed by atoms with E-state index in [1.807, 2.05) is 18.2 Å². The Morgan fingerprint density at radius 1 is 1.47 bits per heavy atom. The highest BCUT2D eigenvalue weighted by Crippen LogP contribution is 2.32. The molecule has 0 aliphatic heterocycles. The normalized spacial score (nSPS) is 23.5. The van der Waals surface area contributed by atoms with Crippen LogP contribution in [-0.2, 0) is 6.54 Å². The molecule has 1 heterocycles. The van der Waals surface area contributed by atoms with Gasteiger partial charge in [-0.3, -0.25) is 0 Å². The maximum atomic E-state index is 5.98. The quantitative estimate of drug-likeness (QED) is 0.755. The van der Waals surface area contributed by atoms with Gasteiger partial charge in [-0.25, -0.2) is 4.98 Å². The lowest BCUT2D eigenvalue weighted by Gasteiger charge is -2.34. The van der Waals surface area contributed by atoms with Gasteiger partial charge in [0.15, 0.2) is 0 Å². The fourth-order valence-electron chi connectivity index (χ4n) is 2.24. The van der Waals surface area contributed by atoms with Gasteiger partial charge in [0, 0.05) is 24.5 Å². The summed E-state index contributed by atoms with van der Waals surface area (Å²) < 4.78 is 5.12. The van der Waals surface area contributed by atoms with Crippen LogP contribution in [0.5, 0.6) is 5.88 Å². The van der Waals surface area contributed by atoms with Crippen molar-refractivity contribution in [3.8, 4) is 5.88 Å². The van der Waals surface area contributed by atoms with Crippen LogP contribution in [0, 0.1) is 5.92 Å². The Kier molecular flexibility index (Phi) is 4.24. The lowest BCUT2D eigenvalue weighted by Crippen LogP contribution is -2.34. The van der Waals surface area contributed by atoms with E-state index >= 15 is 0 Å². The van der Waals surface area contributed by atoms with Gasteiger partial charge < -0.3 is 9.64 Å². The minimum atomic E-state index is 0.406. The summed E-state index contributed by atoms with van der Waals surface area (Å²) in [6.45, 7) is 1.96. The van der Waals surface area contributed by atoms with Crippen molar-refractivity contribution in [3.05, 3.63) is 23.9 Å². The van der Waals surface area contributed by atoms with E-state index < -0.39 is 0 Å². The van der Waals surface area contributed by atoms with E-state index in [1.165, 1.54) is 0 Å². The second kappa shape index (κ2) is 5.69. The van der Waals surface area contributed by atoms with Gasteiger partial charge >= 0.3 is 0 Å². The summed E-state index contributed by atoms with van der Waals surface area (Å²) in [5.41, 5.74) is 1.05. The minimum Gasteiger partial charge on any atom is -0.481 e. The lowest BCUT2D eigenvalue weighted by atomic mass is 9.84. The van der Waals surface area contributed by atoms with Crippen LogP contribution in [0.3, 0.4) is 0 Å². The van der Waals surface area contributed by atoms with E-state index in [4.69, 9.17) is 16.3 Å². The highest BCUT2D eigenvalue weighted by atomic mass is 35.5. The van der Waals surface area contributed by atoms with Crippen LogP contribution in [0.2, 0.25) is 0 Å². The molecule has 0 saturated heterocycles. The number of hydrogen-bond donors (Lipinski definition) is 0. The molecule has 2 rings (SSSR count). The molecule has 1 fully saturated rings. The molecule has 0 radical (unpaired) electrons. The Bertz CT molecular complexity index is 366. The molecule has 17 heavy (non-hydrogen) atoms. The third-order valence-corrected chi connectivity index (χ3v) is 3.53. The smallest absolute Gasteiger partial charge is 0.213 e. The van der Waals surface area contributed by atoms with Crippen molar-refractivity contribution >= 4 is 11.6 Å². The summed E-state index contributed by atoms with van der Waals surface area (Å²) in [4.78, 5) is 6.71. The molecule has 94 valence electrons. The van der Waals surface area contributed by atoms with E-state index in [0.29, 0.717) is 11.3 Å². The molecule has 1 aliphatic carbocycles. The van der Waals surface area contributed by atoms with Crippen LogP contribution in [0.15, 0.2) is 18.2 Å². The largest absolute Gasteiger partial charge is 0.481 e. The number of hydrogen-bond acceptors (Lipinski definition) is 3. The first kappa shape index (κ1) is 12.7. The van der Waals surface area contributed by atoms with Crippen LogP contribution in [-0.4, -0.2) is 36.0 Å². The first-order valence-electron chi connectivity index (χ1n) is 6.00. The third kappa shape index (κ3) is 3.58. The van der Waals surface area contributed by atoms with Crippen molar-refractivity contribution in [3.63, 3.8) is 0 Å². The Morgan fingerprint density at radius 3 is 2.88 bits per heavy atom. The summed E-state index contributed by atoms with van der Waals surface area (Å²) in [5.74, 6) is 1.44. The van der Waals surface area contributed by atoms with Crippen LogP contribution in [0.4, 0.5) is 0 Å². The van der Waals surface area contributed by atoms with Crippen molar-refractivity contribution < 1.29 is 4.74 Å². The monoisotopic (exact) mass is 254 g/mol. The predicted octanol–water partition coefficient (Wildman–Crippen LogP) is 2.54. The van der Waals surface area contributed by atoms with Crippen molar-refractivity contribution in [1.82, 2.24) is 9.88 Å². The average molecular weight is 255 g/mol. The van der Waals surface area contributed by atoms with Crippen molar-refractivity contribution in [2.75, 3.05) is 20.7 Å². The van der Waals surface area contributed by atoms with Crippen LogP contribution in [0.25, 0.3) is 0 Å². The standard InChI is InChI=1S/C13H19ClN2O/c1-16(8-10-6-11(14)7-10)9-12-4-3-5-13(15-12)17-2/h3-5,10-11H,6-9H2,1-2H3. The van der Waals surface area contributed by atoms with Gasteiger partial charge in [0.05, 0.1) is 12.8 Å². The molecule has 1 saturated carbocycles. The Hall–Kier alpha value is -0.800. The number of pyridine rings is 1. The molecule has 0 amide bonds. The molecule has 0 spiro atoms. The Balaban J connectivity index is 1.82. The second-order valence-corrected chi connectivity index (χ2v) is 5.42. The molecule has 4 heteroatoms. The Morgan fingerprint density at radius 2 is 2.24 bits per heavy atom. The number of methoxy groups -OCH3 is 1. The molecule has 0 aromatic carbocycles. The van der Waals surface area contributed by atoms with Gasteiger partial charge in [-0.1, -0.05) is 6.07 Å². The number of nitrogens with zero attached hydrogens (tertiary/aromatic N) is 2. The highest BCUT2D eigenvalue weighted by molar-refractivity contribution is 6.21. The Labute approximate surface area is 108 Å². The second-order valence-electron chi connectivity index (χ2n) is 4.80. The third-order valence-electron chi connectivity index (χ3n) is 3.17. The van der Waals surface area contributed by atoms with E-state index in [1.54, 1.807) is 7.11 Å². The fourth-order valence-corrected chi connectivity index (χ4v) is 2.75. The van der Waals surface area contributed by atoms with E-state index in [2.05, 4.69) is 16.9 Å². The average Bonchev–Trinajstić information content (AvgIpc) is 2.27. The van der Waals surface area contributed by atoms with Crippen LogP contribution < -0.4 is 4.74 Å². The van der Waals surface area contributed by atoms with Gasteiger partial charge in [0.1, 0.15) is 0 Å². The summed E-state index contributed by atoms with van der Waals surface area (Å²) in [5, 5.41) is 0.406. The van der Waals surface area contributed by atoms with Crippen molar-refractivity contribution in [1.29, 1.82) is 0 Å². The maximum Gasteiger partial charge on any atom is 0.213 e. The van der Waals surface area contributed by atoms with Crippen molar-refractivity contribution in [2.24, 2.45) is 5.92 Å². The molecule has 1 aromatic rings. The zero-order chi connectivity index (χ0) is 12.3. The van der Waals surface area contributed by atoms with Crippen LogP contribution in [0.1, 0.15) is 18.5 Å². The van der Waals surface area contributed by atoms with Gasteiger partial charge in [0.25, 0.3) is 0 Å². The zero-order valence-electron chi connectivity index (χ0n) is 10.4. The van der Waals surface area contributed by atoms with Gasteiger partial charge in [-0.05, 0) is 31.9 Å². The SMILES string of the molecule is COc1cccc(CN(C)CC2CC(Cl)C2)n1. The topological polar surface area (TPSA) is 25.4 Å². The summed E-state index contributed by atoms with van der Waals surface area (Å²) in [7, 11) is 3.77. The highest BCUT2D eigenvalue weighted by Gasteiger charge is 2.27. The van der Waals surface area contributed by atoms with Gasteiger partial charge in [-0.15, -0.1) is 11.6 Å². The number of alkyl halides is 1. The molecule has 0 bridgehead atoms. The maximum absolute atomic E-state index is 5.98. The first-order valence-corrected chi connectivity index (χ1v) is 6.43. The minimum absolute atomic E-state index is 0.406. The fraction of sp³-hybridized carbons (Fsp3) is 0.615. The number of halogens is 1. The van der Waals surface area contributed by atoms with E-state index in [0.717, 1.165) is 37.5 Å². The molecule has 0 unspecified atom stereocenters. The predicted molar refractivity (Wildman–Crippen MR) is 69.5 cm³/mol. The van der Waals surface area contributed by atoms with Gasteiger partial charge in [0.2, 0.25) is 5.88 Å². The molecule has 0 atom stereocenters. The molecular formula is C13H19ClN2O. The molecule has 1 aromatic heterocycles. The molecule has 0 N–H and O–H groups in total. The number of aromatic nitrogens is 1. The zero-order valence-corrected chi connectivity index (χ0v) is 11.2. The number of rotatable bonds is 5. The summed E-state index contributed by atoms with van der Waals surface area (Å²) >= 11 is 5.98. The number of ether oxygens (including phenoxy) is 1. The van der Waals surface area contributed by atoms with E-state index in [9.17, 15) is 0 Å². The van der Waals surface area contributed by atoms with Gasteiger partial charge in [-0.2, -0.15) is 0 Å². The van der Waals surface area contributed by atoms with Crippen LogP contribution >= 0.6 is 11.6 Å². The summed E-state index contributed by atoms with van der Waals surface area (Å²) in [6, 6.07) is 5.88. The lowest BCUT2D eigenvalue weighted by molar-refractivity contribution is 0.202. The molecule has 1 aliphatic rings. The molecular weight excluding hydrogens is 236 g/mol. The first-order chi connectivity index (χ1) is 8.17. The van der Waals surface area contributed by atoms with Crippen molar-refractivity contribution in [2.45, 2.75) is 24.8 Å². The van der Waals surface area contributed by atoms with E-state index in [-0.39, 0.29) is 0 Å².